The molecular weight excluding hydrogens is 365 g/mol. The molecule has 29 heavy (non-hydrogen) atoms. The van der Waals surface area contributed by atoms with Gasteiger partial charge in [-0.25, -0.2) is 9.18 Å². The first-order chi connectivity index (χ1) is 14.1. The van der Waals surface area contributed by atoms with Gasteiger partial charge in [0.1, 0.15) is 5.82 Å². The summed E-state index contributed by atoms with van der Waals surface area (Å²) < 4.78 is 13.5. The van der Waals surface area contributed by atoms with Crippen LogP contribution in [0.25, 0.3) is 0 Å². The highest BCUT2D eigenvalue weighted by atomic mass is 19.1. The van der Waals surface area contributed by atoms with E-state index >= 15 is 0 Å². The van der Waals surface area contributed by atoms with E-state index in [0.29, 0.717) is 12.6 Å². The van der Waals surface area contributed by atoms with Crippen LogP contribution in [0.15, 0.2) is 48.5 Å². The van der Waals surface area contributed by atoms with Gasteiger partial charge in [-0.15, -0.1) is 0 Å². The summed E-state index contributed by atoms with van der Waals surface area (Å²) in [6.45, 7) is 6.53. The second kappa shape index (κ2) is 8.44. The van der Waals surface area contributed by atoms with Gasteiger partial charge in [-0.2, -0.15) is 0 Å². The van der Waals surface area contributed by atoms with E-state index in [1.54, 1.807) is 17.0 Å². The summed E-state index contributed by atoms with van der Waals surface area (Å²) in [7, 11) is 0. The van der Waals surface area contributed by atoms with Gasteiger partial charge in [-0.1, -0.05) is 12.1 Å². The number of nitrogens with zero attached hydrogens (tertiary/aromatic N) is 3. The van der Waals surface area contributed by atoms with Crippen molar-refractivity contribution in [3.63, 3.8) is 0 Å². The van der Waals surface area contributed by atoms with Crippen molar-refractivity contribution < 1.29 is 9.18 Å². The molecule has 2 aromatic carbocycles. The van der Waals surface area contributed by atoms with Crippen molar-refractivity contribution in [2.45, 2.75) is 58.2 Å². The number of likely N-dealkylation sites (tertiary alicyclic amines) is 1. The fourth-order valence-corrected chi connectivity index (χ4v) is 4.32. The Morgan fingerprint density at radius 1 is 1.10 bits per heavy atom. The van der Waals surface area contributed by atoms with Crippen LogP contribution in [-0.2, 0) is 6.54 Å². The topological polar surface area (TPSA) is 26.8 Å². The van der Waals surface area contributed by atoms with Crippen molar-refractivity contribution in [1.82, 2.24) is 4.90 Å². The van der Waals surface area contributed by atoms with Crippen LogP contribution < -0.4 is 9.80 Å². The summed E-state index contributed by atoms with van der Waals surface area (Å²) in [5.41, 5.74) is 3.04. The number of amides is 2. The number of anilines is 2. The Labute approximate surface area is 172 Å². The fraction of sp³-hybridized carbons (Fsp3) is 0.458. The van der Waals surface area contributed by atoms with Crippen LogP contribution in [0, 0.1) is 5.82 Å². The smallest absolute Gasteiger partial charge is 0.325 e. The summed E-state index contributed by atoms with van der Waals surface area (Å²) in [6, 6.07) is 15.6. The molecule has 1 heterocycles. The largest absolute Gasteiger partial charge is 0.369 e. The lowest BCUT2D eigenvalue weighted by atomic mass is 10.1. The van der Waals surface area contributed by atoms with Crippen molar-refractivity contribution in [2.75, 3.05) is 22.9 Å². The van der Waals surface area contributed by atoms with Gasteiger partial charge in [0.2, 0.25) is 0 Å². The average molecular weight is 396 g/mol. The van der Waals surface area contributed by atoms with Crippen LogP contribution in [-0.4, -0.2) is 36.1 Å². The normalized spacial score (nSPS) is 18.7. The first-order valence-corrected chi connectivity index (χ1v) is 10.8. The molecule has 1 aliphatic carbocycles. The number of carbonyl (C=O) groups is 1. The first-order valence-electron chi connectivity index (χ1n) is 10.8. The number of halogens is 1. The van der Waals surface area contributed by atoms with Crippen molar-refractivity contribution >= 4 is 17.4 Å². The minimum absolute atomic E-state index is 0.00144. The molecule has 0 spiro atoms. The highest BCUT2D eigenvalue weighted by Crippen LogP contribution is 2.32. The molecule has 4 rings (SSSR count). The first kappa shape index (κ1) is 19.7. The SMILES string of the molecule is CCN(c1cccc(CN(C(=O)N2CCC[C@H]2C)c2ccc(F)cc2)c1)C1CC1. The van der Waals surface area contributed by atoms with Crippen molar-refractivity contribution in [3.8, 4) is 0 Å². The van der Waals surface area contributed by atoms with E-state index in [4.69, 9.17) is 0 Å². The summed E-state index contributed by atoms with van der Waals surface area (Å²) >= 11 is 0. The molecule has 2 amide bonds. The number of hydrogen-bond acceptors (Lipinski definition) is 2. The minimum Gasteiger partial charge on any atom is -0.369 e. The molecule has 154 valence electrons. The van der Waals surface area contributed by atoms with E-state index in [1.165, 1.54) is 30.7 Å². The molecule has 0 N–H and O–H groups in total. The molecule has 2 fully saturated rings. The molecule has 0 unspecified atom stereocenters. The number of benzene rings is 2. The van der Waals surface area contributed by atoms with Crippen LogP contribution in [0.3, 0.4) is 0 Å². The molecule has 1 aliphatic heterocycles. The molecule has 5 heteroatoms. The summed E-state index contributed by atoms with van der Waals surface area (Å²) in [5, 5.41) is 0. The van der Waals surface area contributed by atoms with Gasteiger partial charge < -0.3 is 9.80 Å². The molecule has 4 nitrogen and oxygen atoms in total. The Bertz CT molecular complexity index is 849. The highest BCUT2D eigenvalue weighted by Gasteiger charge is 2.31. The van der Waals surface area contributed by atoms with Crippen molar-refractivity contribution in [3.05, 3.63) is 59.9 Å². The average Bonchev–Trinajstić information content (AvgIpc) is 3.47. The lowest BCUT2D eigenvalue weighted by molar-refractivity contribution is 0.202. The van der Waals surface area contributed by atoms with Crippen LogP contribution >= 0.6 is 0 Å². The standard InChI is InChI=1S/C24H30FN3O/c1-3-26(21-13-14-21)23-8-4-7-19(16-23)17-28(22-11-9-20(25)10-12-22)24(29)27-15-5-6-18(27)2/h4,7-12,16,18,21H,3,5-6,13-15,17H2,1-2H3/t18-/m1/s1. The number of rotatable bonds is 6. The molecule has 1 saturated heterocycles. The predicted molar refractivity (Wildman–Crippen MR) is 116 cm³/mol. The third kappa shape index (κ3) is 4.39. The molecule has 2 aromatic rings. The number of urea groups is 1. The molecule has 1 saturated carbocycles. The molecule has 0 aromatic heterocycles. The van der Waals surface area contributed by atoms with Gasteiger partial charge in [-0.3, -0.25) is 4.90 Å². The van der Waals surface area contributed by atoms with Gasteiger partial charge in [0.15, 0.2) is 0 Å². The van der Waals surface area contributed by atoms with E-state index in [9.17, 15) is 9.18 Å². The Morgan fingerprint density at radius 3 is 2.48 bits per heavy atom. The second-order valence-electron chi connectivity index (χ2n) is 8.22. The Balaban J connectivity index is 1.61. The van der Waals surface area contributed by atoms with Gasteiger partial charge in [0, 0.05) is 36.5 Å². The zero-order chi connectivity index (χ0) is 20.4. The van der Waals surface area contributed by atoms with Crippen molar-refractivity contribution in [2.24, 2.45) is 0 Å². The molecule has 0 radical (unpaired) electrons. The third-order valence-corrected chi connectivity index (χ3v) is 6.08. The fourth-order valence-electron chi connectivity index (χ4n) is 4.32. The molecule has 2 aliphatic rings. The maximum Gasteiger partial charge on any atom is 0.325 e. The van der Waals surface area contributed by atoms with E-state index < -0.39 is 0 Å². The maximum atomic E-state index is 13.5. The van der Waals surface area contributed by atoms with Gasteiger partial charge in [0.05, 0.1) is 6.54 Å². The van der Waals surface area contributed by atoms with Gasteiger partial charge in [-0.05, 0) is 81.5 Å². The van der Waals surface area contributed by atoms with Crippen LogP contribution in [0.1, 0.15) is 45.1 Å². The predicted octanol–water partition coefficient (Wildman–Crippen LogP) is 5.43. The summed E-state index contributed by atoms with van der Waals surface area (Å²) in [4.78, 5) is 19.6. The zero-order valence-electron chi connectivity index (χ0n) is 17.4. The highest BCUT2D eigenvalue weighted by molar-refractivity contribution is 5.92. The molecule has 1 atom stereocenters. The van der Waals surface area contributed by atoms with Crippen LogP contribution in [0.4, 0.5) is 20.6 Å². The molecule has 0 bridgehead atoms. The molecular formula is C24H30FN3O. The lowest BCUT2D eigenvalue weighted by Crippen LogP contribution is -2.44. The minimum atomic E-state index is -0.291. The monoisotopic (exact) mass is 395 g/mol. The van der Waals surface area contributed by atoms with Gasteiger partial charge in [0.25, 0.3) is 0 Å². The summed E-state index contributed by atoms with van der Waals surface area (Å²) in [6.07, 6.45) is 4.58. The van der Waals surface area contributed by atoms with E-state index in [-0.39, 0.29) is 17.9 Å². The van der Waals surface area contributed by atoms with E-state index in [0.717, 1.165) is 37.2 Å². The van der Waals surface area contributed by atoms with Crippen LogP contribution in [0.5, 0.6) is 0 Å². The Kier molecular flexibility index (Phi) is 5.74. The third-order valence-electron chi connectivity index (χ3n) is 6.08. The maximum absolute atomic E-state index is 13.5. The van der Waals surface area contributed by atoms with Gasteiger partial charge >= 0.3 is 6.03 Å². The zero-order valence-corrected chi connectivity index (χ0v) is 17.4. The summed E-state index contributed by atoms with van der Waals surface area (Å²) in [5.74, 6) is -0.291. The quantitative estimate of drug-likeness (QED) is 0.652. The van der Waals surface area contributed by atoms with Crippen molar-refractivity contribution in [1.29, 1.82) is 0 Å². The Hall–Kier alpha value is -2.56. The lowest BCUT2D eigenvalue weighted by Gasteiger charge is -2.31. The van der Waals surface area contributed by atoms with E-state index in [2.05, 4.69) is 43.0 Å². The van der Waals surface area contributed by atoms with Crippen LogP contribution in [0.2, 0.25) is 0 Å². The number of carbonyl (C=O) groups excluding carboxylic acids is 1. The second-order valence-corrected chi connectivity index (χ2v) is 8.22. The van der Waals surface area contributed by atoms with E-state index in [1.807, 2.05) is 4.90 Å². The Morgan fingerprint density at radius 2 is 1.86 bits per heavy atom. The number of hydrogen-bond donors (Lipinski definition) is 0.